The van der Waals surface area contributed by atoms with Gasteiger partial charge in [0, 0.05) is 69.7 Å². The van der Waals surface area contributed by atoms with Gasteiger partial charge in [-0.05, 0) is 18.7 Å². The Morgan fingerprint density at radius 2 is 1.80 bits per heavy atom. The SMILES string of the molecule is CN1CCN(Cc2ccc(-c3nc(CCn4cccn4)cc(=O)[nH]3)cc2)CC1.O=C(O)C(F)(F)F. The number of aromatic nitrogens is 4. The van der Waals surface area contributed by atoms with Crippen LogP contribution in [0.5, 0.6) is 0 Å². The Bertz CT molecular complexity index is 1140. The van der Waals surface area contributed by atoms with Gasteiger partial charge >= 0.3 is 12.1 Å². The summed E-state index contributed by atoms with van der Waals surface area (Å²) in [6.07, 6.45) is -0.756. The highest BCUT2D eigenvalue weighted by Crippen LogP contribution is 2.17. The Morgan fingerprint density at radius 3 is 2.37 bits per heavy atom. The lowest BCUT2D eigenvalue weighted by atomic mass is 10.1. The lowest BCUT2D eigenvalue weighted by Gasteiger charge is -2.32. The fourth-order valence-electron chi connectivity index (χ4n) is 3.47. The first-order valence-corrected chi connectivity index (χ1v) is 11.0. The Hall–Kier alpha value is -3.51. The molecule has 12 heteroatoms. The monoisotopic (exact) mass is 492 g/mol. The van der Waals surface area contributed by atoms with Crippen LogP contribution in [-0.2, 0) is 24.3 Å². The molecular weight excluding hydrogens is 465 g/mol. The maximum Gasteiger partial charge on any atom is 0.490 e. The molecule has 0 bridgehead atoms. The van der Waals surface area contributed by atoms with Gasteiger partial charge in [0.15, 0.2) is 0 Å². The summed E-state index contributed by atoms with van der Waals surface area (Å²) in [5.74, 6) is -2.14. The van der Waals surface area contributed by atoms with E-state index < -0.39 is 12.1 Å². The number of nitrogens with zero attached hydrogens (tertiary/aromatic N) is 5. The molecule has 3 aromatic rings. The highest BCUT2D eigenvalue weighted by Gasteiger charge is 2.38. The molecule has 188 valence electrons. The molecule has 1 aliphatic heterocycles. The van der Waals surface area contributed by atoms with Gasteiger partial charge in [0.1, 0.15) is 5.82 Å². The number of aryl methyl sites for hydroxylation is 2. The van der Waals surface area contributed by atoms with Crippen LogP contribution in [0.25, 0.3) is 11.4 Å². The van der Waals surface area contributed by atoms with E-state index in [1.165, 1.54) is 5.56 Å². The van der Waals surface area contributed by atoms with Crippen LogP contribution < -0.4 is 5.56 Å². The van der Waals surface area contributed by atoms with Crippen molar-refractivity contribution in [2.24, 2.45) is 0 Å². The minimum Gasteiger partial charge on any atom is -0.475 e. The molecule has 0 saturated carbocycles. The van der Waals surface area contributed by atoms with Crippen molar-refractivity contribution in [2.75, 3.05) is 33.2 Å². The topological polar surface area (TPSA) is 107 Å². The van der Waals surface area contributed by atoms with E-state index in [-0.39, 0.29) is 5.56 Å². The Kier molecular flexibility index (Phi) is 8.77. The second kappa shape index (κ2) is 11.8. The van der Waals surface area contributed by atoms with Crippen LogP contribution >= 0.6 is 0 Å². The second-order valence-electron chi connectivity index (χ2n) is 8.18. The average Bonchev–Trinajstić information content (AvgIpc) is 3.33. The van der Waals surface area contributed by atoms with Gasteiger partial charge in [-0.25, -0.2) is 9.78 Å². The van der Waals surface area contributed by atoms with Crippen LogP contribution in [0.4, 0.5) is 13.2 Å². The summed E-state index contributed by atoms with van der Waals surface area (Å²) in [6.45, 7) is 6.11. The van der Waals surface area contributed by atoms with Crippen molar-refractivity contribution in [2.45, 2.75) is 25.7 Å². The number of hydrogen-bond acceptors (Lipinski definition) is 6. The molecule has 0 unspecified atom stereocenters. The Labute approximate surface area is 199 Å². The number of rotatable bonds is 6. The van der Waals surface area contributed by atoms with Gasteiger partial charge in [-0.1, -0.05) is 24.3 Å². The minimum atomic E-state index is -5.08. The third-order valence-corrected chi connectivity index (χ3v) is 5.42. The van der Waals surface area contributed by atoms with E-state index in [2.05, 4.69) is 44.0 Å². The molecule has 0 aliphatic carbocycles. The lowest BCUT2D eigenvalue weighted by Crippen LogP contribution is -2.43. The largest absolute Gasteiger partial charge is 0.490 e. The van der Waals surface area contributed by atoms with Gasteiger partial charge in [0.2, 0.25) is 0 Å². The normalized spacial score (nSPS) is 14.9. The van der Waals surface area contributed by atoms with Gasteiger partial charge in [-0.15, -0.1) is 0 Å². The molecule has 4 rings (SSSR count). The number of carboxylic acids is 1. The average molecular weight is 493 g/mol. The number of H-pyrrole nitrogens is 1. The predicted molar refractivity (Wildman–Crippen MR) is 123 cm³/mol. The maximum absolute atomic E-state index is 12.1. The van der Waals surface area contributed by atoms with Crippen LogP contribution in [0.2, 0.25) is 0 Å². The smallest absolute Gasteiger partial charge is 0.475 e. The number of piperazine rings is 1. The molecular formula is C23H27F3N6O3. The van der Waals surface area contributed by atoms with E-state index in [4.69, 9.17) is 9.90 Å². The second-order valence-corrected chi connectivity index (χ2v) is 8.18. The molecule has 0 radical (unpaired) electrons. The standard InChI is InChI=1S/C21H26N6O.C2HF3O2/c1-25-11-13-26(14-12-25)16-17-3-5-18(6-4-17)21-23-19(15-20(28)24-21)7-10-27-9-2-8-22-27;3-2(4,5)1(6)7/h2-6,8-9,15H,7,10-14,16H2,1H3,(H,23,24,28);(H,6,7). The van der Waals surface area contributed by atoms with Crippen molar-refractivity contribution in [3.8, 4) is 11.4 Å². The van der Waals surface area contributed by atoms with Crippen LogP contribution in [-0.4, -0.2) is 80.0 Å². The molecule has 0 spiro atoms. The molecule has 9 nitrogen and oxygen atoms in total. The third kappa shape index (κ3) is 8.34. The molecule has 1 aliphatic rings. The number of aliphatic carboxylic acids is 1. The first-order valence-electron chi connectivity index (χ1n) is 11.0. The summed E-state index contributed by atoms with van der Waals surface area (Å²) in [5, 5.41) is 11.3. The summed E-state index contributed by atoms with van der Waals surface area (Å²) >= 11 is 0. The van der Waals surface area contributed by atoms with Gasteiger partial charge in [0.05, 0.1) is 5.69 Å². The number of carboxylic acid groups (broad SMARTS) is 1. The summed E-state index contributed by atoms with van der Waals surface area (Å²) in [6, 6.07) is 11.8. The number of halogens is 3. The van der Waals surface area contributed by atoms with Gasteiger partial charge in [-0.3, -0.25) is 14.4 Å². The highest BCUT2D eigenvalue weighted by atomic mass is 19.4. The van der Waals surface area contributed by atoms with Gasteiger partial charge in [-0.2, -0.15) is 18.3 Å². The summed E-state index contributed by atoms with van der Waals surface area (Å²) < 4.78 is 33.6. The maximum atomic E-state index is 12.1. The van der Waals surface area contributed by atoms with Crippen LogP contribution in [0.1, 0.15) is 11.3 Å². The fraction of sp³-hybridized carbons (Fsp3) is 0.391. The summed E-state index contributed by atoms with van der Waals surface area (Å²) in [5.41, 5.74) is 2.86. The number of aromatic amines is 1. The van der Waals surface area contributed by atoms with Crippen LogP contribution in [0.3, 0.4) is 0 Å². The first-order chi connectivity index (χ1) is 16.6. The molecule has 1 aromatic carbocycles. The third-order valence-electron chi connectivity index (χ3n) is 5.42. The highest BCUT2D eigenvalue weighted by molar-refractivity contribution is 5.73. The molecule has 35 heavy (non-hydrogen) atoms. The van der Waals surface area contributed by atoms with Crippen molar-refractivity contribution in [1.82, 2.24) is 29.5 Å². The number of benzene rings is 1. The van der Waals surface area contributed by atoms with Crippen LogP contribution in [0, 0.1) is 0 Å². The van der Waals surface area contributed by atoms with Gasteiger partial charge < -0.3 is 15.0 Å². The van der Waals surface area contributed by atoms with E-state index in [1.54, 1.807) is 12.3 Å². The Morgan fingerprint density at radius 1 is 1.14 bits per heavy atom. The molecule has 0 atom stereocenters. The van der Waals surface area contributed by atoms with E-state index >= 15 is 0 Å². The summed E-state index contributed by atoms with van der Waals surface area (Å²) in [7, 11) is 2.17. The molecule has 1 fully saturated rings. The molecule has 2 N–H and O–H groups in total. The van der Waals surface area contributed by atoms with Crippen molar-refractivity contribution >= 4 is 5.97 Å². The van der Waals surface area contributed by atoms with Crippen molar-refractivity contribution in [3.05, 3.63) is 70.4 Å². The minimum absolute atomic E-state index is 0.123. The lowest BCUT2D eigenvalue weighted by molar-refractivity contribution is -0.192. The van der Waals surface area contributed by atoms with Crippen LogP contribution in [0.15, 0.2) is 53.6 Å². The molecule has 3 heterocycles. The zero-order valence-corrected chi connectivity index (χ0v) is 19.2. The van der Waals surface area contributed by atoms with Crippen molar-refractivity contribution in [1.29, 1.82) is 0 Å². The van der Waals surface area contributed by atoms with E-state index in [0.29, 0.717) is 18.8 Å². The quantitative estimate of drug-likeness (QED) is 0.544. The van der Waals surface area contributed by atoms with E-state index in [9.17, 15) is 18.0 Å². The number of nitrogens with one attached hydrogen (secondary N) is 1. The van der Waals surface area contributed by atoms with Crippen molar-refractivity contribution in [3.63, 3.8) is 0 Å². The summed E-state index contributed by atoms with van der Waals surface area (Å²) in [4.78, 5) is 33.3. The zero-order valence-electron chi connectivity index (χ0n) is 19.2. The van der Waals surface area contributed by atoms with E-state index in [0.717, 1.165) is 44.0 Å². The molecule has 0 amide bonds. The molecule has 1 saturated heterocycles. The van der Waals surface area contributed by atoms with Crippen molar-refractivity contribution < 1.29 is 23.1 Å². The Balaban J connectivity index is 0.000000429. The number of hydrogen-bond donors (Lipinski definition) is 2. The zero-order chi connectivity index (χ0) is 25.4. The molecule has 2 aromatic heterocycles. The van der Waals surface area contributed by atoms with E-state index in [1.807, 2.05) is 29.1 Å². The fourth-order valence-corrected chi connectivity index (χ4v) is 3.47. The predicted octanol–water partition coefficient (Wildman–Crippen LogP) is 2.26. The first kappa shape index (κ1) is 26.1. The number of alkyl halides is 3. The number of likely N-dealkylation sites (N-methyl/N-ethyl adjacent to an activating group) is 1. The number of carbonyl (C=O) groups is 1. The van der Waals surface area contributed by atoms with Gasteiger partial charge in [0.25, 0.3) is 5.56 Å².